The van der Waals surface area contributed by atoms with Crippen molar-refractivity contribution in [1.82, 2.24) is 0 Å². The zero-order valence-corrected chi connectivity index (χ0v) is 13.5. The zero-order valence-electron chi connectivity index (χ0n) is 10.3. The lowest BCUT2D eigenvalue weighted by Crippen LogP contribution is -2.13. The second-order valence-electron chi connectivity index (χ2n) is 4.01. The first-order chi connectivity index (χ1) is 9.90. The third kappa shape index (κ3) is 3.40. The van der Waals surface area contributed by atoms with E-state index in [0.29, 0.717) is 8.95 Å². The van der Waals surface area contributed by atoms with Gasteiger partial charge in [-0.15, -0.1) is 0 Å². The highest BCUT2D eigenvalue weighted by Gasteiger charge is 2.19. The summed E-state index contributed by atoms with van der Waals surface area (Å²) in [6.07, 6.45) is 0. The molecule has 0 unspecified atom stereocenters. The molecule has 0 radical (unpaired) electrons. The van der Waals surface area contributed by atoms with Crippen molar-refractivity contribution < 1.29 is 14.8 Å². The molecule has 2 aromatic carbocycles. The summed E-state index contributed by atoms with van der Waals surface area (Å²) in [7, 11) is 0. The van der Waals surface area contributed by atoms with E-state index in [1.54, 1.807) is 12.1 Å². The van der Waals surface area contributed by atoms with Gasteiger partial charge in [0.05, 0.1) is 15.0 Å². The number of halogens is 2. The number of nitrogens with one attached hydrogen (secondary N) is 1. The number of para-hydroxylation sites is 2. The molecule has 2 N–H and O–H groups in total. The fourth-order valence-corrected chi connectivity index (χ4v) is 2.89. The summed E-state index contributed by atoms with van der Waals surface area (Å²) in [5, 5.41) is 23.2. The molecule has 21 heavy (non-hydrogen) atoms. The maximum absolute atomic E-state index is 12.2. The van der Waals surface area contributed by atoms with Crippen LogP contribution in [0.1, 0.15) is 10.4 Å². The predicted octanol–water partition coefficient (Wildman–Crippen LogP) is 4.08. The number of anilines is 1. The van der Waals surface area contributed by atoms with Crippen LogP contribution >= 0.6 is 31.9 Å². The Labute approximate surface area is 136 Å². The van der Waals surface area contributed by atoms with Gasteiger partial charge in [-0.3, -0.25) is 14.9 Å². The molecule has 2 rings (SSSR count). The van der Waals surface area contributed by atoms with Crippen molar-refractivity contribution >= 4 is 49.1 Å². The van der Waals surface area contributed by atoms with Gasteiger partial charge in [0.1, 0.15) is 11.4 Å². The molecule has 0 aliphatic heterocycles. The molecule has 0 atom stereocenters. The number of carbonyl (C=O) groups excluding carboxylic acids is 1. The van der Waals surface area contributed by atoms with Crippen molar-refractivity contribution in [3.63, 3.8) is 0 Å². The first-order valence-corrected chi connectivity index (χ1v) is 7.21. The standard InChI is InChI=1S/C13H8Br2N2O4/c14-7-5-8(12(18)9(15)6-7)13(19)16-10-3-1-2-4-11(10)17(20)21/h1-6,18H,(H,16,19). The topological polar surface area (TPSA) is 92.5 Å². The summed E-state index contributed by atoms with van der Waals surface area (Å²) in [5.41, 5.74) is -0.170. The lowest BCUT2D eigenvalue weighted by atomic mass is 10.1. The van der Waals surface area contributed by atoms with Crippen LogP contribution in [0.4, 0.5) is 11.4 Å². The summed E-state index contributed by atoms with van der Waals surface area (Å²) in [5.74, 6) is -0.891. The normalized spacial score (nSPS) is 10.2. The van der Waals surface area contributed by atoms with Gasteiger partial charge in [-0.05, 0) is 34.1 Å². The Kier molecular flexibility index (Phi) is 4.59. The first-order valence-electron chi connectivity index (χ1n) is 5.63. The van der Waals surface area contributed by atoms with Crippen molar-refractivity contribution in [3.8, 4) is 5.75 Å². The van der Waals surface area contributed by atoms with E-state index in [4.69, 9.17) is 0 Å². The molecular weight excluding hydrogens is 408 g/mol. The Bertz CT molecular complexity index is 734. The number of nitro benzene ring substituents is 1. The lowest BCUT2D eigenvalue weighted by molar-refractivity contribution is -0.383. The van der Waals surface area contributed by atoms with Gasteiger partial charge in [0.15, 0.2) is 0 Å². The van der Waals surface area contributed by atoms with Crippen molar-refractivity contribution in [1.29, 1.82) is 0 Å². The van der Waals surface area contributed by atoms with E-state index in [1.807, 2.05) is 0 Å². The molecule has 0 bridgehead atoms. The van der Waals surface area contributed by atoms with Gasteiger partial charge < -0.3 is 10.4 Å². The third-order valence-electron chi connectivity index (χ3n) is 2.62. The Morgan fingerprint density at radius 1 is 1.24 bits per heavy atom. The highest BCUT2D eigenvalue weighted by molar-refractivity contribution is 9.11. The number of hydrogen-bond acceptors (Lipinski definition) is 4. The van der Waals surface area contributed by atoms with Gasteiger partial charge in [-0.25, -0.2) is 0 Å². The molecule has 0 aliphatic carbocycles. The smallest absolute Gasteiger partial charge is 0.292 e. The van der Waals surface area contributed by atoms with E-state index in [9.17, 15) is 20.0 Å². The second kappa shape index (κ2) is 6.23. The van der Waals surface area contributed by atoms with Crippen LogP contribution in [0.5, 0.6) is 5.75 Å². The van der Waals surface area contributed by atoms with Crippen LogP contribution in [0, 0.1) is 10.1 Å². The first kappa shape index (κ1) is 15.5. The van der Waals surface area contributed by atoms with Gasteiger partial charge >= 0.3 is 0 Å². The van der Waals surface area contributed by atoms with E-state index < -0.39 is 10.8 Å². The van der Waals surface area contributed by atoms with Crippen molar-refractivity contribution in [2.75, 3.05) is 5.32 Å². The van der Waals surface area contributed by atoms with Gasteiger partial charge in [0.2, 0.25) is 0 Å². The number of nitro groups is 1. The lowest BCUT2D eigenvalue weighted by Gasteiger charge is -2.09. The fourth-order valence-electron chi connectivity index (χ4n) is 1.67. The Morgan fingerprint density at radius 3 is 2.57 bits per heavy atom. The van der Waals surface area contributed by atoms with Crippen LogP contribution in [0.15, 0.2) is 45.3 Å². The Hall–Kier alpha value is -1.93. The molecule has 0 heterocycles. The highest BCUT2D eigenvalue weighted by atomic mass is 79.9. The van der Waals surface area contributed by atoms with Gasteiger partial charge in [0.25, 0.3) is 11.6 Å². The Balaban J connectivity index is 2.38. The number of phenols is 1. The number of hydrogen-bond donors (Lipinski definition) is 2. The fraction of sp³-hybridized carbons (Fsp3) is 0. The molecule has 0 aromatic heterocycles. The molecule has 0 spiro atoms. The van der Waals surface area contributed by atoms with Crippen molar-refractivity contribution in [2.24, 2.45) is 0 Å². The maximum Gasteiger partial charge on any atom is 0.292 e. The summed E-state index contributed by atoms with van der Waals surface area (Å²) in [6, 6.07) is 8.77. The molecule has 6 nitrogen and oxygen atoms in total. The Morgan fingerprint density at radius 2 is 1.90 bits per heavy atom. The second-order valence-corrected chi connectivity index (χ2v) is 5.78. The monoisotopic (exact) mass is 414 g/mol. The van der Waals surface area contributed by atoms with E-state index in [1.165, 1.54) is 24.3 Å². The number of carbonyl (C=O) groups is 1. The van der Waals surface area contributed by atoms with Crippen LogP contribution in [-0.4, -0.2) is 15.9 Å². The predicted molar refractivity (Wildman–Crippen MR) is 84.6 cm³/mol. The minimum atomic E-state index is -0.649. The van der Waals surface area contributed by atoms with Gasteiger partial charge in [0, 0.05) is 10.5 Å². The average molecular weight is 416 g/mol. The summed E-state index contributed by atoms with van der Waals surface area (Å²) in [4.78, 5) is 22.5. The molecule has 0 saturated carbocycles. The summed E-state index contributed by atoms with van der Waals surface area (Å²) in [6.45, 7) is 0. The quantitative estimate of drug-likeness (QED) is 0.583. The zero-order chi connectivity index (χ0) is 15.6. The van der Waals surface area contributed by atoms with Crippen molar-refractivity contribution in [3.05, 3.63) is 61.0 Å². The van der Waals surface area contributed by atoms with Crippen LogP contribution in [0.3, 0.4) is 0 Å². The van der Waals surface area contributed by atoms with E-state index in [2.05, 4.69) is 37.2 Å². The number of phenolic OH excluding ortho intramolecular Hbond substituents is 1. The molecule has 1 amide bonds. The average Bonchev–Trinajstić information content (AvgIpc) is 2.43. The number of aromatic hydroxyl groups is 1. The highest BCUT2D eigenvalue weighted by Crippen LogP contribution is 2.33. The van der Waals surface area contributed by atoms with Gasteiger partial charge in [-0.1, -0.05) is 28.1 Å². The van der Waals surface area contributed by atoms with E-state index in [-0.39, 0.29) is 22.7 Å². The summed E-state index contributed by atoms with van der Waals surface area (Å²) < 4.78 is 0.921. The molecule has 8 heteroatoms. The number of benzene rings is 2. The molecule has 2 aromatic rings. The van der Waals surface area contributed by atoms with Crippen LogP contribution in [-0.2, 0) is 0 Å². The number of rotatable bonds is 3. The molecule has 0 saturated heterocycles. The summed E-state index contributed by atoms with van der Waals surface area (Å²) >= 11 is 6.33. The van der Waals surface area contributed by atoms with Crippen LogP contribution < -0.4 is 5.32 Å². The van der Waals surface area contributed by atoms with Crippen LogP contribution in [0.25, 0.3) is 0 Å². The van der Waals surface area contributed by atoms with Gasteiger partial charge in [-0.2, -0.15) is 0 Å². The molecule has 108 valence electrons. The minimum Gasteiger partial charge on any atom is -0.506 e. The minimum absolute atomic E-state index is 0.00518. The third-order valence-corrected chi connectivity index (χ3v) is 3.68. The molecule has 0 aliphatic rings. The SMILES string of the molecule is O=C(Nc1ccccc1[N+](=O)[O-])c1cc(Br)cc(Br)c1O. The molecular formula is C13H8Br2N2O4. The molecule has 0 fully saturated rings. The maximum atomic E-state index is 12.2. The van der Waals surface area contributed by atoms with Crippen molar-refractivity contribution in [2.45, 2.75) is 0 Å². The van der Waals surface area contributed by atoms with Crippen LogP contribution in [0.2, 0.25) is 0 Å². The van der Waals surface area contributed by atoms with E-state index >= 15 is 0 Å². The van der Waals surface area contributed by atoms with E-state index in [0.717, 1.165) is 0 Å². The largest absolute Gasteiger partial charge is 0.506 e. The number of amides is 1. The number of nitrogens with zero attached hydrogens (tertiary/aromatic N) is 1.